The normalized spacial score (nSPS) is 12.4. The van der Waals surface area contributed by atoms with Crippen molar-refractivity contribution in [2.24, 2.45) is 0 Å². The van der Waals surface area contributed by atoms with Crippen molar-refractivity contribution in [3.05, 3.63) is 34.9 Å². The third-order valence-electron chi connectivity index (χ3n) is 6.67. The predicted octanol–water partition coefficient (Wildman–Crippen LogP) is 9.19. The first-order valence-electron chi connectivity index (χ1n) is 13.9. The molecule has 2 N–H and O–H groups in total. The summed E-state index contributed by atoms with van der Waals surface area (Å²) in [6, 6.07) is 7.00. The van der Waals surface area contributed by atoms with Crippen LogP contribution in [0.2, 0.25) is 0 Å². The maximum Gasteiger partial charge on any atom is 0.469 e. The molecule has 34 heavy (non-hydrogen) atoms. The van der Waals surface area contributed by atoms with Crippen LogP contribution in [0.3, 0.4) is 0 Å². The van der Waals surface area contributed by atoms with Gasteiger partial charge in [0.15, 0.2) is 0 Å². The highest BCUT2D eigenvalue weighted by Crippen LogP contribution is 2.35. The van der Waals surface area contributed by atoms with Crippen LogP contribution in [0.1, 0.15) is 140 Å². The van der Waals surface area contributed by atoms with Gasteiger partial charge in [-0.1, -0.05) is 134 Å². The summed E-state index contributed by atoms with van der Waals surface area (Å²) in [6.45, 7) is 9.34. The maximum atomic E-state index is 10.6. The number of hydrogen-bond donors (Lipinski definition) is 2. The minimum Gasteiger partial charge on any atom is -0.303 e. The first kappa shape index (κ1) is 31.4. The van der Waals surface area contributed by atoms with E-state index in [-0.39, 0.29) is 12.0 Å². The van der Waals surface area contributed by atoms with E-state index in [1.807, 2.05) is 0 Å². The van der Waals surface area contributed by atoms with Crippen LogP contribution < -0.4 is 0 Å². The molecule has 0 atom stereocenters. The van der Waals surface area contributed by atoms with Crippen molar-refractivity contribution in [2.75, 3.05) is 6.61 Å². The average Bonchev–Trinajstić information content (AvgIpc) is 2.74. The van der Waals surface area contributed by atoms with Gasteiger partial charge in [-0.25, -0.2) is 4.57 Å². The number of rotatable bonds is 20. The second kappa shape index (κ2) is 17.7. The predicted molar refractivity (Wildman–Crippen MR) is 145 cm³/mol. The molecule has 0 aliphatic rings. The molecule has 198 valence electrons. The van der Waals surface area contributed by atoms with E-state index in [2.05, 4.69) is 50.4 Å². The Balaban J connectivity index is 1.87. The van der Waals surface area contributed by atoms with Crippen molar-refractivity contribution in [1.29, 1.82) is 0 Å². The van der Waals surface area contributed by atoms with Crippen LogP contribution in [0, 0.1) is 6.92 Å². The van der Waals surface area contributed by atoms with E-state index in [0.29, 0.717) is 0 Å². The Morgan fingerprint density at radius 2 is 1.12 bits per heavy atom. The van der Waals surface area contributed by atoms with E-state index < -0.39 is 7.82 Å². The third-order valence-corrected chi connectivity index (χ3v) is 7.19. The fraction of sp³-hybridized carbons (Fsp3) is 0.793. The fourth-order valence-corrected chi connectivity index (χ4v) is 5.05. The van der Waals surface area contributed by atoms with Gasteiger partial charge in [0.2, 0.25) is 0 Å². The Bertz CT molecular complexity index is 690. The maximum absolute atomic E-state index is 10.6. The summed E-state index contributed by atoms with van der Waals surface area (Å²) in [4.78, 5) is 17.2. The monoisotopic (exact) mass is 496 g/mol. The molecule has 0 aliphatic carbocycles. The van der Waals surface area contributed by atoms with Crippen molar-refractivity contribution in [3.8, 4) is 0 Å². The van der Waals surface area contributed by atoms with Crippen LogP contribution in [0.25, 0.3) is 0 Å². The van der Waals surface area contributed by atoms with Crippen molar-refractivity contribution in [1.82, 2.24) is 0 Å². The lowest BCUT2D eigenvalue weighted by Crippen LogP contribution is -2.14. The molecule has 0 heterocycles. The van der Waals surface area contributed by atoms with Gasteiger partial charge in [0, 0.05) is 0 Å². The Morgan fingerprint density at radius 1 is 0.706 bits per heavy atom. The van der Waals surface area contributed by atoms with Gasteiger partial charge >= 0.3 is 7.82 Å². The average molecular weight is 497 g/mol. The van der Waals surface area contributed by atoms with E-state index in [0.717, 1.165) is 19.3 Å². The van der Waals surface area contributed by atoms with Gasteiger partial charge in [0.25, 0.3) is 0 Å². The SMILES string of the molecule is Cc1ccc(CCCCCCCCCCCCCCCCCCOP(=O)(O)O)c(C(C)(C)C)c1. The molecule has 0 aliphatic heterocycles. The first-order chi connectivity index (χ1) is 16.1. The van der Waals surface area contributed by atoms with Gasteiger partial charge in [-0.05, 0) is 42.7 Å². The molecule has 0 saturated heterocycles. The van der Waals surface area contributed by atoms with Gasteiger partial charge in [-0.2, -0.15) is 0 Å². The molecule has 1 aromatic rings. The standard InChI is InChI=1S/C29H53O4P/c1-26-22-23-27(28(25-26)29(2,3)4)21-19-17-15-13-11-9-7-5-6-8-10-12-14-16-18-20-24-33-34(30,31)32/h22-23,25H,5-21,24H2,1-4H3,(H2,30,31,32). The number of phosphoric ester groups is 1. The lowest BCUT2D eigenvalue weighted by Gasteiger charge is -2.23. The Kier molecular flexibility index (Phi) is 16.3. The molecule has 0 bridgehead atoms. The lowest BCUT2D eigenvalue weighted by molar-refractivity contribution is 0.193. The van der Waals surface area contributed by atoms with Crippen LogP contribution >= 0.6 is 7.82 Å². The molecule has 1 rings (SSSR count). The second-order valence-corrected chi connectivity index (χ2v) is 12.4. The van der Waals surface area contributed by atoms with Gasteiger partial charge < -0.3 is 9.79 Å². The molecule has 0 fully saturated rings. The van der Waals surface area contributed by atoms with Crippen molar-refractivity contribution in [2.45, 2.75) is 142 Å². The topological polar surface area (TPSA) is 66.8 Å². The number of benzene rings is 1. The Morgan fingerprint density at radius 3 is 1.53 bits per heavy atom. The molecule has 0 radical (unpaired) electrons. The van der Waals surface area contributed by atoms with Crippen molar-refractivity contribution in [3.63, 3.8) is 0 Å². The first-order valence-corrected chi connectivity index (χ1v) is 15.4. The van der Waals surface area contributed by atoms with Crippen LogP contribution in [0.5, 0.6) is 0 Å². The Labute approximate surface area is 210 Å². The molecule has 1 aromatic carbocycles. The van der Waals surface area contributed by atoms with Crippen LogP contribution in [0.15, 0.2) is 18.2 Å². The van der Waals surface area contributed by atoms with Crippen LogP contribution in [0.4, 0.5) is 0 Å². The highest BCUT2D eigenvalue weighted by atomic mass is 31.2. The third kappa shape index (κ3) is 16.9. The zero-order valence-electron chi connectivity index (χ0n) is 22.6. The van der Waals surface area contributed by atoms with Crippen molar-refractivity contribution >= 4 is 7.82 Å². The molecule has 4 nitrogen and oxygen atoms in total. The fourth-order valence-electron chi connectivity index (χ4n) is 4.68. The number of hydrogen-bond acceptors (Lipinski definition) is 2. The summed E-state index contributed by atoms with van der Waals surface area (Å²) < 4.78 is 15.0. The summed E-state index contributed by atoms with van der Waals surface area (Å²) in [6.07, 6.45) is 21.6. The highest BCUT2D eigenvalue weighted by Gasteiger charge is 2.17. The van der Waals surface area contributed by atoms with Crippen LogP contribution in [-0.2, 0) is 20.9 Å². The minimum absolute atomic E-state index is 0.163. The summed E-state index contributed by atoms with van der Waals surface area (Å²) in [5, 5.41) is 0. The summed E-state index contributed by atoms with van der Waals surface area (Å²) in [5.74, 6) is 0. The second-order valence-electron chi connectivity index (χ2n) is 11.1. The van der Waals surface area contributed by atoms with Gasteiger partial charge in [-0.15, -0.1) is 0 Å². The van der Waals surface area contributed by atoms with Crippen LogP contribution in [-0.4, -0.2) is 16.4 Å². The molecular formula is C29H53O4P. The summed E-state index contributed by atoms with van der Waals surface area (Å²) in [7, 11) is -4.28. The summed E-state index contributed by atoms with van der Waals surface area (Å²) in [5.41, 5.74) is 4.68. The van der Waals surface area contributed by atoms with E-state index in [1.54, 1.807) is 5.56 Å². The molecule has 0 spiro atoms. The van der Waals surface area contributed by atoms with Gasteiger partial charge in [-0.3, -0.25) is 4.52 Å². The van der Waals surface area contributed by atoms with Crippen molar-refractivity contribution < 1.29 is 18.9 Å². The number of aryl methyl sites for hydroxylation is 2. The lowest BCUT2D eigenvalue weighted by atomic mass is 9.81. The summed E-state index contributed by atoms with van der Waals surface area (Å²) >= 11 is 0. The van der Waals surface area contributed by atoms with E-state index in [4.69, 9.17) is 9.79 Å². The Hall–Kier alpha value is -0.670. The molecule has 0 unspecified atom stereocenters. The van der Waals surface area contributed by atoms with Gasteiger partial charge in [0.05, 0.1) is 6.61 Å². The number of unbranched alkanes of at least 4 members (excludes halogenated alkanes) is 15. The zero-order chi connectivity index (χ0) is 25.3. The quantitative estimate of drug-likeness (QED) is 0.139. The van der Waals surface area contributed by atoms with E-state index in [9.17, 15) is 4.57 Å². The number of phosphoric acid groups is 1. The largest absolute Gasteiger partial charge is 0.469 e. The molecular weight excluding hydrogens is 443 g/mol. The van der Waals surface area contributed by atoms with E-state index >= 15 is 0 Å². The smallest absolute Gasteiger partial charge is 0.303 e. The molecule has 5 heteroatoms. The molecule has 0 saturated carbocycles. The van der Waals surface area contributed by atoms with Gasteiger partial charge in [0.1, 0.15) is 0 Å². The minimum atomic E-state index is -4.28. The highest BCUT2D eigenvalue weighted by molar-refractivity contribution is 7.46. The van der Waals surface area contributed by atoms with E-state index in [1.165, 1.54) is 101 Å². The molecule has 0 amide bonds. The molecule has 0 aromatic heterocycles. The zero-order valence-corrected chi connectivity index (χ0v) is 23.5.